The highest BCUT2D eigenvalue weighted by Crippen LogP contribution is 2.33. The van der Waals surface area contributed by atoms with Gasteiger partial charge in [-0.05, 0) is 18.7 Å². The van der Waals surface area contributed by atoms with Crippen LogP contribution in [0, 0.1) is 0 Å². The number of hydrogen-bond donors (Lipinski definition) is 0. The molecule has 15 heavy (non-hydrogen) atoms. The quantitative estimate of drug-likeness (QED) is 0.696. The van der Waals surface area contributed by atoms with E-state index in [1.54, 1.807) is 6.07 Å². The zero-order chi connectivity index (χ0) is 11.1. The second-order valence-electron chi connectivity index (χ2n) is 4.04. The standard InChI is InChI=1S/C11H12F3N/c1-15-6-9(7-15)8-3-2-4-10(5-8)11(12,13)14/h2-5,9H,6-7H2,1H3. The second kappa shape index (κ2) is 3.52. The Morgan fingerprint density at radius 2 is 1.93 bits per heavy atom. The number of alkyl halides is 3. The molecule has 1 aromatic rings. The fourth-order valence-corrected chi connectivity index (χ4v) is 1.88. The van der Waals surface area contributed by atoms with Gasteiger partial charge < -0.3 is 4.90 Å². The largest absolute Gasteiger partial charge is 0.416 e. The molecule has 1 fully saturated rings. The monoisotopic (exact) mass is 215 g/mol. The smallest absolute Gasteiger partial charge is 0.305 e. The van der Waals surface area contributed by atoms with Crippen molar-refractivity contribution < 1.29 is 13.2 Å². The predicted molar refractivity (Wildman–Crippen MR) is 51.7 cm³/mol. The lowest BCUT2D eigenvalue weighted by Crippen LogP contribution is -2.41. The Kier molecular flexibility index (Phi) is 2.46. The minimum absolute atomic E-state index is 0.261. The molecule has 0 atom stereocenters. The molecule has 0 saturated carbocycles. The molecule has 4 heteroatoms. The van der Waals surface area contributed by atoms with Gasteiger partial charge in [-0.25, -0.2) is 0 Å². The lowest BCUT2D eigenvalue weighted by Gasteiger charge is -2.36. The Bertz CT molecular complexity index is 353. The zero-order valence-electron chi connectivity index (χ0n) is 8.38. The van der Waals surface area contributed by atoms with Crippen molar-refractivity contribution in [2.45, 2.75) is 12.1 Å². The van der Waals surface area contributed by atoms with E-state index in [1.807, 2.05) is 7.05 Å². The van der Waals surface area contributed by atoms with Gasteiger partial charge in [-0.3, -0.25) is 0 Å². The van der Waals surface area contributed by atoms with Gasteiger partial charge in [0.1, 0.15) is 0 Å². The van der Waals surface area contributed by atoms with Crippen molar-refractivity contribution >= 4 is 0 Å². The van der Waals surface area contributed by atoms with Crippen molar-refractivity contribution in [1.82, 2.24) is 4.90 Å². The fraction of sp³-hybridized carbons (Fsp3) is 0.455. The molecule has 1 saturated heterocycles. The van der Waals surface area contributed by atoms with Crippen LogP contribution in [0.5, 0.6) is 0 Å². The number of likely N-dealkylation sites (tertiary alicyclic amines) is 1. The van der Waals surface area contributed by atoms with Gasteiger partial charge in [-0.2, -0.15) is 13.2 Å². The van der Waals surface area contributed by atoms with E-state index < -0.39 is 11.7 Å². The summed E-state index contributed by atoms with van der Waals surface area (Å²) < 4.78 is 37.3. The van der Waals surface area contributed by atoms with E-state index in [1.165, 1.54) is 12.1 Å². The SMILES string of the molecule is CN1CC(c2cccc(C(F)(F)F)c2)C1. The third-order valence-electron chi connectivity index (χ3n) is 2.75. The van der Waals surface area contributed by atoms with Gasteiger partial charge in [0.05, 0.1) is 5.56 Å². The first-order valence-corrected chi connectivity index (χ1v) is 4.82. The third kappa shape index (κ3) is 2.15. The molecular formula is C11H12F3N. The van der Waals surface area contributed by atoms with E-state index in [4.69, 9.17) is 0 Å². The van der Waals surface area contributed by atoms with Crippen molar-refractivity contribution in [2.24, 2.45) is 0 Å². The first kappa shape index (κ1) is 10.5. The molecule has 0 radical (unpaired) electrons. The van der Waals surface area contributed by atoms with Crippen molar-refractivity contribution in [3.63, 3.8) is 0 Å². The summed E-state index contributed by atoms with van der Waals surface area (Å²) in [5, 5.41) is 0. The van der Waals surface area contributed by atoms with Gasteiger partial charge in [0.2, 0.25) is 0 Å². The van der Waals surface area contributed by atoms with E-state index in [9.17, 15) is 13.2 Å². The minimum atomic E-state index is -4.23. The number of likely N-dealkylation sites (N-methyl/N-ethyl adjacent to an activating group) is 1. The minimum Gasteiger partial charge on any atom is -0.305 e. The molecule has 0 aliphatic carbocycles. The number of hydrogen-bond acceptors (Lipinski definition) is 1. The van der Waals surface area contributed by atoms with Gasteiger partial charge in [-0.15, -0.1) is 0 Å². The summed E-state index contributed by atoms with van der Waals surface area (Å²) in [7, 11) is 1.96. The van der Waals surface area contributed by atoms with E-state index in [-0.39, 0.29) is 5.92 Å². The highest BCUT2D eigenvalue weighted by atomic mass is 19.4. The number of rotatable bonds is 1. The number of halogens is 3. The molecule has 0 unspecified atom stereocenters. The van der Waals surface area contributed by atoms with Gasteiger partial charge in [0.25, 0.3) is 0 Å². The average molecular weight is 215 g/mol. The molecule has 1 aliphatic heterocycles. The summed E-state index contributed by atoms with van der Waals surface area (Å²) in [6.45, 7) is 1.70. The maximum Gasteiger partial charge on any atom is 0.416 e. The van der Waals surface area contributed by atoms with E-state index in [0.29, 0.717) is 0 Å². The van der Waals surface area contributed by atoms with Crippen LogP contribution in [0.3, 0.4) is 0 Å². The summed E-state index contributed by atoms with van der Waals surface area (Å²) >= 11 is 0. The van der Waals surface area contributed by atoms with E-state index in [0.717, 1.165) is 24.7 Å². The number of nitrogens with zero attached hydrogens (tertiary/aromatic N) is 1. The second-order valence-corrected chi connectivity index (χ2v) is 4.04. The van der Waals surface area contributed by atoms with Crippen LogP contribution in [0.1, 0.15) is 17.0 Å². The van der Waals surface area contributed by atoms with Crippen LogP contribution < -0.4 is 0 Å². The van der Waals surface area contributed by atoms with Crippen molar-refractivity contribution in [2.75, 3.05) is 20.1 Å². The van der Waals surface area contributed by atoms with Crippen molar-refractivity contribution in [3.8, 4) is 0 Å². The first-order valence-electron chi connectivity index (χ1n) is 4.82. The summed E-state index contributed by atoms with van der Waals surface area (Å²) in [6, 6.07) is 5.63. The Morgan fingerprint density at radius 1 is 1.27 bits per heavy atom. The molecule has 2 rings (SSSR count). The Morgan fingerprint density at radius 3 is 2.47 bits per heavy atom. The third-order valence-corrected chi connectivity index (χ3v) is 2.75. The molecule has 0 aromatic heterocycles. The summed E-state index contributed by atoms with van der Waals surface area (Å²) in [6.07, 6.45) is -4.23. The molecule has 0 spiro atoms. The lowest BCUT2D eigenvalue weighted by molar-refractivity contribution is -0.137. The summed E-state index contributed by atoms with van der Waals surface area (Å²) in [5.74, 6) is 0.261. The average Bonchev–Trinajstić information content (AvgIpc) is 2.12. The predicted octanol–water partition coefficient (Wildman–Crippen LogP) is 2.73. The molecule has 1 heterocycles. The zero-order valence-corrected chi connectivity index (χ0v) is 8.38. The van der Waals surface area contributed by atoms with Crippen LogP contribution in [-0.2, 0) is 6.18 Å². The van der Waals surface area contributed by atoms with Crippen LogP contribution >= 0.6 is 0 Å². The highest BCUT2D eigenvalue weighted by molar-refractivity contribution is 5.30. The molecule has 0 amide bonds. The summed E-state index contributed by atoms with van der Waals surface area (Å²) in [5.41, 5.74) is 0.248. The van der Waals surface area contributed by atoms with Crippen LogP contribution in [0.15, 0.2) is 24.3 Å². The van der Waals surface area contributed by atoms with E-state index in [2.05, 4.69) is 4.90 Å². The van der Waals surface area contributed by atoms with Crippen molar-refractivity contribution in [3.05, 3.63) is 35.4 Å². The van der Waals surface area contributed by atoms with Crippen LogP contribution in [0.4, 0.5) is 13.2 Å². The van der Waals surface area contributed by atoms with Gasteiger partial charge in [-0.1, -0.05) is 18.2 Å². The normalized spacial score (nSPS) is 18.9. The Labute approximate surface area is 86.5 Å². The molecule has 1 nitrogen and oxygen atoms in total. The molecule has 0 N–H and O–H groups in total. The van der Waals surface area contributed by atoms with Gasteiger partial charge in [0, 0.05) is 19.0 Å². The van der Waals surface area contributed by atoms with Crippen molar-refractivity contribution in [1.29, 1.82) is 0 Å². The van der Waals surface area contributed by atoms with Gasteiger partial charge in [0.15, 0.2) is 0 Å². The maximum absolute atomic E-state index is 12.4. The maximum atomic E-state index is 12.4. The highest BCUT2D eigenvalue weighted by Gasteiger charge is 2.32. The van der Waals surface area contributed by atoms with Crippen LogP contribution in [0.25, 0.3) is 0 Å². The summed E-state index contributed by atoms with van der Waals surface area (Å²) in [4.78, 5) is 2.09. The van der Waals surface area contributed by atoms with E-state index >= 15 is 0 Å². The molecule has 82 valence electrons. The van der Waals surface area contributed by atoms with Crippen LogP contribution in [0.2, 0.25) is 0 Å². The molecular weight excluding hydrogens is 203 g/mol. The lowest BCUT2D eigenvalue weighted by atomic mass is 9.91. The first-order chi connectivity index (χ1) is 6.97. The fourth-order valence-electron chi connectivity index (χ4n) is 1.88. The molecule has 1 aliphatic rings. The van der Waals surface area contributed by atoms with Gasteiger partial charge >= 0.3 is 6.18 Å². The topological polar surface area (TPSA) is 3.24 Å². The Hall–Kier alpha value is -1.03. The van der Waals surface area contributed by atoms with Crippen LogP contribution in [-0.4, -0.2) is 25.0 Å². The Balaban J connectivity index is 2.20. The number of benzene rings is 1. The molecule has 0 bridgehead atoms. The molecule has 1 aromatic carbocycles.